The molecule has 102 valence electrons. The summed E-state index contributed by atoms with van der Waals surface area (Å²) >= 11 is 0. The summed E-state index contributed by atoms with van der Waals surface area (Å²) < 4.78 is 5.07. The van der Waals surface area contributed by atoms with Crippen LogP contribution >= 0.6 is 0 Å². The van der Waals surface area contributed by atoms with Gasteiger partial charge in [-0.05, 0) is 59.0 Å². The van der Waals surface area contributed by atoms with Crippen LogP contribution in [-0.2, 0) is 4.74 Å². The fraction of sp³-hybridized carbons (Fsp3) is 1.00. The van der Waals surface area contributed by atoms with Crippen molar-refractivity contribution in [1.82, 2.24) is 4.90 Å². The molecule has 1 unspecified atom stereocenters. The van der Waals surface area contributed by atoms with Crippen LogP contribution in [0.15, 0.2) is 0 Å². The van der Waals surface area contributed by atoms with E-state index < -0.39 is 0 Å². The molecular weight excluding hydrogens is 212 g/mol. The number of methoxy groups -OCH3 is 1. The van der Waals surface area contributed by atoms with Gasteiger partial charge in [-0.25, -0.2) is 0 Å². The predicted octanol–water partition coefficient (Wildman–Crippen LogP) is 2.39. The van der Waals surface area contributed by atoms with Crippen LogP contribution in [0.4, 0.5) is 0 Å². The van der Waals surface area contributed by atoms with Gasteiger partial charge in [-0.2, -0.15) is 0 Å². The SMILES string of the molecule is COCCCCC(N)C(C)(C)N1CCCCC1. The molecule has 0 radical (unpaired) electrons. The smallest absolute Gasteiger partial charge is 0.0462 e. The zero-order valence-corrected chi connectivity index (χ0v) is 11.9. The van der Waals surface area contributed by atoms with Crippen molar-refractivity contribution in [3.8, 4) is 0 Å². The van der Waals surface area contributed by atoms with Gasteiger partial charge in [0, 0.05) is 25.3 Å². The molecule has 1 atom stereocenters. The number of nitrogens with zero attached hydrogens (tertiary/aromatic N) is 1. The molecule has 2 N–H and O–H groups in total. The summed E-state index contributed by atoms with van der Waals surface area (Å²) in [5.41, 5.74) is 6.53. The molecule has 1 rings (SSSR count). The van der Waals surface area contributed by atoms with E-state index in [2.05, 4.69) is 18.7 Å². The number of hydrogen-bond acceptors (Lipinski definition) is 3. The average molecular weight is 242 g/mol. The Bertz CT molecular complexity index is 200. The fourth-order valence-electron chi connectivity index (χ4n) is 2.67. The molecule has 0 spiro atoms. The van der Waals surface area contributed by atoms with Gasteiger partial charge in [-0.1, -0.05) is 6.42 Å². The summed E-state index contributed by atoms with van der Waals surface area (Å²) in [6, 6.07) is 0.275. The van der Waals surface area contributed by atoms with Gasteiger partial charge in [0.2, 0.25) is 0 Å². The quantitative estimate of drug-likeness (QED) is 0.697. The minimum atomic E-state index is 0.146. The van der Waals surface area contributed by atoms with Gasteiger partial charge in [0.25, 0.3) is 0 Å². The Morgan fingerprint density at radius 1 is 1.18 bits per heavy atom. The number of hydrogen-bond donors (Lipinski definition) is 1. The standard InChI is InChI=1S/C14H30N2O/c1-14(2,16-10-6-4-7-11-16)13(15)9-5-8-12-17-3/h13H,4-12,15H2,1-3H3. The molecule has 1 saturated heterocycles. The second-order valence-electron chi connectivity index (χ2n) is 5.80. The molecule has 17 heavy (non-hydrogen) atoms. The van der Waals surface area contributed by atoms with Crippen molar-refractivity contribution in [2.45, 2.75) is 64.0 Å². The maximum Gasteiger partial charge on any atom is 0.0462 e. The number of nitrogens with two attached hydrogens (primary N) is 1. The van der Waals surface area contributed by atoms with Crippen LogP contribution in [0, 0.1) is 0 Å². The molecule has 0 aromatic rings. The first kappa shape index (κ1) is 14.9. The lowest BCUT2D eigenvalue weighted by Crippen LogP contribution is -2.57. The van der Waals surface area contributed by atoms with E-state index in [1.54, 1.807) is 7.11 Å². The summed E-state index contributed by atoms with van der Waals surface area (Å²) in [6.07, 6.45) is 7.45. The van der Waals surface area contributed by atoms with Crippen LogP contribution in [0.1, 0.15) is 52.4 Å². The molecule has 0 aromatic heterocycles. The van der Waals surface area contributed by atoms with Gasteiger partial charge in [0.15, 0.2) is 0 Å². The lowest BCUT2D eigenvalue weighted by Gasteiger charge is -2.44. The van der Waals surface area contributed by atoms with Crippen molar-refractivity contribution in [3.05, 3.63) is 0 Å². The van der Waals surface area contributed by atoms with E-state index in [4.69, 9.17) is 10.5 Å². The zero-order valence-electron chi connectivity index (χ0n) is 11.9. The van der Waals surface area contributed by atoms with Crippen LogP contribution in [0.2, 0.25) is 0 Å². The first-order valence-corrected chi connectivity index (χ1v) is 7.08. The van der Waals surface area contributed by atoms with Gasteiger partial charge in [0.1, 0.15) is 0 Å². The van der Waals surface area contributed by atoms with Crippen molar-refractivity contribution in [3.63, 3.8) is 0 Å². The summed E-state index contributed by atoms with van der Waals surface area (Å²) in [5.74, 6) is 0. The zero-order chi connectivity index (χ0) is 12.7. The molecule has 0 aromatic carbocycles. The first-order chi connectivity index (χ1) is 8.09. The normalized spacial score (nSPS) is 20.5. The van der Waals surface area contributed by atoms with Gasteiger partial charge >= 0.3 is 0 Å². The van der Waals surface area contributed by atoms with Gasteiger partial charge in [-0.15, -0.1) is 0 Å². The second-order valence-corrected chi connectivity index (χ2v) is 5.80. The maximum atomic E-state index is 6.38. The molecule has 0 bridgehead atoms. The molecule has 3 heteroatoms. The monoisotopic (exact) mass is 242 g/mol. The van der Waals surface area contributed by atoms with Crippen LogP contribution in [0.25, 0.3) is 0 Å². The Balaban J connectivity index is 2.33. The third-order valence-electron chi connectivity index (χ3n) is 4.19. The number of rotatable bonds is 7. The van der Waals surface area contributed by atoms with Crippen LogP contribution in [0.3, 0.4) is 0 Å². The van der Waals surface area contributed by atoms with Crippen molar-refractivity contribution < 1.29 is 4.74 Å². The van der Waals surface area contributed by atoms with E-state index in [1.165, 1.54) is 38.8 Å². The number of piperidine rings is 1. The van der Waals surface area contributed by atoms with Gasteiger partial charge in [-0.3, -0.25) is 4.90 Å². The highest BCUT2D eigenvalue weighted by atomic mass is 16.5. The average Bonchev–Trinajstić information content (AvgIpc) is 2.35. The highest BCUT2D eigenvalue weighted by molar-refractivity contribution is 4.92. The van der Waals surface area contributed by atoms with Crippen molar-refractivity contribution >= 4 is 0 Å². The molecular formula is C14H30N2O. The Hall–Kier alpha value is -0.120. The van der Waals surface area contributed by atoms with Crippen LogP contribution in [-0.4, -0.2) is 43.3 Å². The van der Waals surface area contributed by atoms with Crippen molar-refractivity contribution in [1.29, 1.82) is 0 Å². The van der Waals surface area contributed by atoms with E-state index >= 15 is 0 Å². The highest BCUT2D eigenvalue weighted by Crippen LogP contribution is 2.25. The number of unbranched alkanes of at least 4 members (excludes halogenated alkanes) is 1. The lowest BCUT2D eigenvalue weighted by molar-refractivity contribution is 0.0690. The molecule has 0 amide bonds. The van der Waals surface area contributed by atoms with E-state index in [0.29, 0.717) is 0 Å². The van der Waals surface area contributed by atoms with Gasteiger partial charge < -0.3 is 10.5 Å². The molecule has 1 aliphatic rings. The fourth-order valence-corrected chi connectivity index (χ4v) is 2.67. The van der Waals surface area contributed by atoms with Crippen LogP contribution < -0.4 is 5.73 Å². The summed E-state index contributed by atoms with van der Waals surface area (Å²) in [4.78, 5) is 2.58. The molecule has 1 aliphatic heterocycles. The Morgan fingerprint density at radius 2 is 1.82 bits per heavy atom. The number of ether oxygens (including phenoxy) is 1. The largest absolute Gasteiger partial charge is 0.385 e. The van der Waals surface area contributed by atoms with E-state index in [1.807, 2.05) is 0 Å². The molecule has 0 aliphatic carbocycles. The van der Waals surface area contributed by atoms with Crippen LogP contribution in [0.5, 0.6) is 0 Å². The third-order valence-corrected chi connectivity index (χ3v) is 4.19. The van der Waals surface area contributed by atoms with Gasteiger partial charge in [0.05, 0.1) is 0 Å². The topological polar surface area (TPSA) is 38.5 Å². The highest BCUT2D eigenvalue weighted by Gasteiger charge is 2.33. The summed E-state index contributed by atoms with van der Waals surface area (Å²) in [7, 11) is 1.76. The van der Waals surface area contributed by atoms with Crippen molar-refractivity contribution in [2.24, 2.45) is 5.73 Å². The minimum absolute atomic E-state index is 0.146. The third kappa shape index (κ3) is 4.57. The van der Waals surface area contributed by atoms with E-state index in [-0.39, 0.29) is 11.6 Å². The molecule has 3 nitrogen and oxygen atoms in total. The lowest BCUT2D eigenvalue weighted by atomic mass is 9.87. The predicted molar refractivity (Wildman–Crippen MR) is 73.2 cm³/mol. The van der Waals surface area contributed by atoms with E-state index in [9.17, 15) is 0 Å². The number of likely N-dealkylation sites (tertiary alicyclic amines) is 1. The molecule has 1 heterocycles. The maximum absolute atomic E-state index is 6.38. The van der Waals surface area contributed by atoms with Crippen molar-refractivity contribution in [2.75, 3.05) is 26.8 Å². The Labute approximate surface area is 107 Å². The molecule has 0 saturated carbocycles. The van der Waals surface area contributed by atoms with E-state index in [0.717, 1.165) is 19.4 Å². The summed E-state index contributed by atoms with van der Waals surface area (Å²) in [5, 5.41) is 0. The second kappa shape index (κ2) is 7.34. The Morgan fingerprint density at radius 3 is 2.41 bits per heavy atom. The first-order valence-electron chi connectivity index (χ1n) is 7.08. The Kier molecular flexibility index (Phi) is 6.45. The summed E-state index contributed by atoms with van der Waals surface area (Å²) in [6.45, 7) is 7.91. The molecule has 1 fully saturated rings. The minimum Gasteiger partial charge on any atom is -0.385 e.